The van der Waals surface area contributed by atoms with Gasteiger partial charge in [-0.15, -0.1) is 0 Å². The molecule has 0 amide bonds. The molecule has 0 aromatic rings. The molecule has 2 fully saturated rings. The number of piperidine rings is 1. The highest BCUT2D eigenvalue weighted by molar-refractivity contribution is 6.64. The van der Waals surface area contributed by atoms with Crippen LogP contribution in [0.3, 0.4) is 0 Å². The normalized spacial score (nSPS) is 29.5. The van der Waals surface area contributed by atoms with Gasteiger partial charge in [0.05, 0.1) is 0 Å². The molecular formula is C15H31NO2Si. The summed E-state index contributed by atoms with van der Waals surface area (Å²) in [5.41, 5.74) is 0. The van der Waals surface area contributed by atoms with Gasteiger partial charge in [-0.05, 0) is 44.1 Å². The minimum Gasteiger partial charge on any atom is -0.386 e. The molecule has 0 bridgehead atoms. The molecule has 1 saturated heterocycles. The van der Waals surface area contributed by atoms with Crippen LogP contribution in [0.15, 0.2) is 0 Å². The zero-order valence-electron chi connectivity index (χ0n) is 13.2. The molecular weight excluding hydrogens is 254 g/mol. The van der Waals surface area contributed by atoms with E-state index in [4.69, 9.17) is 8.85 Å². The van der Waals surface area contributed by atoms with E-state index < -0.39 is 8.72 Å². The molecule has 1 aliphatic heterocycles. The van der Waals surface area contributed by atoms with Crippen LogP contribution in [0.2, 0.25) is 6.04 Å². The standard InChI is InChI=1S/C15H31NO2Si/c1-13(2)12-19(17-3,18-4)16-11-7-9-14-8-5-6-10-15(14)16/h13-15H,5-12H2,1-4H3. The Balaban J connectivity index is 2.18. The molecule has 0 N–H and O–H groups in total. The van der Waals surface area contributed by atoms with Crippen LogP contribution in [0.4, 0.5) is 0 Å². The molecule has 0 aromatic heterocycles. The Kier molecular flexibility index (Phi) is 5.46. The van der Waals surface area contributed by atoms with E-state index in [9.17, 15) is 0 Å². The van der Waals surface area contributed by atoms with Crippen LogP contribution in [-0.4, -0.2) is 40.1 Å². The van der Waals surface area contributed by atoms with E-state index in [-0.39, 0.29) is 0 Å². The Bertz CT molecular complexity index is 279. The second kappa shape index (κ2) is 6.70. The number of fused-ring (bicyclic) bond motifs is 1. The zero-order valence-corrected chi connectivity index (χ0v) is 14.2. The predicted octanol–water partition coefficient (Wildman–Crippen LogP) is 3.53. The maximum absolute atomic E-state index is 6.03. The Morgan fingerprint density at radius 1 is 1.05 bits per heavy atom. The summed E-state index contributed by atoms with van der Waals surface area (Å²) in [5.74, 6) is 1.53. The van der Waals surface area contributed by atoms with Crippen molar-refractivity contribution in [3.8, 4) is 0 Å². The van der Waals surface area contributed by atoms with Crippen molar-refractivity contribution in [2.24, 2.45) is 11.8 Å². The summed E-state index contributed by atoms with van der Waals surface area (Å²) in [4.78, 5) is 0. The van der Waals surface area contributed by atoms with Crippen LogP contribution >= 0.6 is 0 Å². The largest absolute Gasteiger partial charge is 0.427 e. The Hall–Kier alpha value is 0.0969. The van der Waals surface area contributed by atoms with Gasteiger partial charge < -0.3 is 8.85 Å². The minimum atomic E-state index is -2.18. The summed E-state index contributed by atoms with van der Waals surface area (Å²) in [6.07, 6.45) is 8.32. The van der Waals surface area contributed by atoms with Gasteiger partial charge >= 0.3 is 8.72 Å². The van der Waals surface area contributed by atoms with Gasteiger partial charge in [0.2, 0.25) is 0 Å². The SMILES string of the molecule is CO[Si](CC(C)C)(OC)N1CCCC2CCCCC21. The first-order valence-electron chi connectivity index (χ1n) is 8.00. The van der Waals surface area contributed by atoms with Crippen LogP contribution in [-0.2, 0) is 8.85 Å². The first-order valence-corrected chi connectivity index (χ1v) is 9.97. The Morgan fingerprint density at radius 3 is 2.32 bits per heavy atom. The van der Waals surface area contributed by atoms with E-state index in [1.165, 1.54) is 45.1 Å². The molecule has 2 aliphatic rings. The highest BCUT2D eigenvalue weighted by Crippen LogP contribution is 2.39. The molecule has 1 heterocycles. The van der Waals surface area contributed by atoms with Crippen molar-refractivity contribution >= 4 is 8.72 Å². The van der Waals surface area contributed by atoms with Crippen molar-refractivity contribution in [3.63, 3.8) is 0 Å². The van der Waals surface area contributed by atoms with Gasteiger partial charge in [0.1, 0.15) is 0 Å². The van der Waals surface area contributed by atoms with E-state index in [0.29, 0.717) is 5.92 Å². The molecule has 3 nitrogen and oxygen atoms in total. The molecule has 0 spiro atoms. The smallest absolute Gasteiger partial charge is 0.386 e. The number of hydrogen-bond donors (Lipinski definition) is 0. The number of nitrogens with zero attached hydrogens (tertiary/aromatic N) is 1. The lowest BCUT2D eigenvalue weighted by atomic mass is 9.79. The molecule has 2 atom stereocenters. The van der Waals surface area contributed by atoms with Gasteiger partial charge in [-0.25, -0.2) is 0 Å². The van der Waals surface area contributed by atoms with Crippen molar-refractivity contribution in [1.82, 2.24) is 4.57 Å². The maximum Gasteiger partial charge on any atom is 0.427 e. The summed E-state index contributed by atoms with van der Waals surface area (Å²) in [5, 5.41) is 0. The lowest BCUT2D eigenvalue weighted by Gasteiger charge is -2.50. The van der Waals surface area contributed by atoms with Crippen LogP contribution in [0.1, 0.15) is 52.4 Å². The molecule has 2 rings (SSSR count). The van der Waals surface area contributed by atoms with Crippen molar-refractivity contribution < 1.29 is 8.85 Å². The van der Waals surface area contributed by atoms with Crippen molar-refractivity contribution in [3.05, 3.63) is 0 Å². The van der Waals surface area contributed by atoms with E-state index in [1.807, 2.05) is 14.2 Å². The first kappa shape index (κ1) is 15.5. The topological polar surface area (TPSA) is 21.7 Å². The fourth-order valence-electron chi connectivity index (χ4n) is 4.17. The van der Waals surface area contributed by atoms with Crippen molar-refractivity contribution in [1.29, 1.82) is 0 Å². The highest BCUT2D eigenvalue weighted by Gasteiger charge is 2.50. The zero-order chi connectivity index (χ0) is 13.9. The van der Waals surface area contributed by atoms with Gasteiger partial charge in [-0.1, -0.05) is 26.7 Å². The third-order valence-electron chi connectivity index (χ3n) is 4.98. The third kappa shape index (κ3) is 3.23. The van der Waals surface area contributed by atoms with E-state index >= 15 is 0 Å². The van der Waals surface area contributed by atoms with Crippen LogP contribution in [0.25, 0.3) is 0 Å². The molecule has 1 saturated carbocycles. The lowest BCUT2D eigenvalue weighted by molar-refractivity contribution is 0.0582. The monoisotopic (exact) mass is 285 g/mol. The van der Waals surface area contributed by atoms with Gasteiger partial charge in [0.25, 0.3) is 0 Å². The Labute approximate surface area is 120 Å². The lowest BCUT2D eigenvalue weighted by Crippen LogP contribution is -2.65. The number of rotatable bonds is 5. The van der Waals surface area contributed by atoms with E-state index in [2.05, 4.69) is 18.4 Å². The second-order valence-electron chi connectivity index (χ2n) is 6.67. The van der Waals surface area contributed by atoms with Crippen LogP contribution < -0.4 is 0 Å². The average molecular weight is 286 g/mol. The van der Waals surface area contributed by atoms with Gasteiger partial charge in [-0.2, -0.15) is 0 Å². The Morgan fingerprint density at radius 2 is 1.68 bits per heavy atom. The molecule has 2 unspecified atom stereocenters. The summed E-state index contributed by atoms with van der Waals surface area (Å²) >= 11 is 0. The molecule has 0 radical (unpaired) electrons. The molecule has 112 valence electrons. The van der Waals surface area contributed by atoms with Gasteiger partial charge in [-0.3, -0.25) is 4.57 Å². The minimum absolute atomic E-state index is 0.635. The molecule has 1 aliphatic carbocycles. The predicted molar refractivity (Wildman–Crippen MR) is 81.1 cm³/mol. The molecule has 4 heteroatoms. The first-order chi connectivity index (χ1) is 9.13. The molecule has 19 heavy (non-hydrogen) atoms. The summed E-state index contributed by atoms with van der Waals surface area (Å²) < 4.78 is 14.7. The fourth-order valence-corrected chi connectivity index (χ4v) is 7.74. The van der Waals surface area contributed by atoms with Gasteiger partial charge in [0.15, 0.2) is 0 Å². The second-order valence-corrected chi connectivity index (χ2v) is 9.89. The number of hydrogen-bond acceptors (Lipinski definition) is 3. The van der Waals surface area contributed by atoms with Crippen LogP contribution in [0, 0.1) is 11.8 Å². The maximum atomic E-state index is 6.03. The summed E-state index contributed by atoms with van der Waals surface area (Å²) in [7, 11) is 1.55. The van der Waals surface area contributed by atoms with E-state index in [0.717, 1.165) is 18.0 Å². The molecule has 0 aromatic carbocycles. The van der Waals surface area contributed by atoms with Crippen molar-refractivity contribution in [2.75, 3.05) is 20.8 Å². The van der Waals surface area contributed by atoms with Crippen molar-refractivity contribution in [2.45, 2.75) is 64.5 Å². The van der Waals surface area contributed by atoms with Crippen LogP contribution in [0.5, 0.6) is 0 Å². The summed E-state index contributed by atoms with van der Waals surface area (Å²) in [6, 6.07) is 1.82. The van der Waals surface area contributed by atoms with Gasteiger partial charge in [0, 0.05) is 26.3 Å². The quantitative estimate of drug-likeness (QED) is 0.721. The fraction of sp³-hybridized carbons (Fsp3) is 1.00. The van der Waals surface area contributed by atoms with E-state index in [1.54, 1.807) is 0 Å². The third-order valence-corrected chi connectivity index (χ3v) is 9.02. The highest BCUT2D eigenvalue weighted by atomic mass is 28.4. The summed E-state index contributed by atoms with van der Waals surface area (Å²) in [6.45, 7) is 5.74. The average Bonchev–Trinajstić information content (AvgIpc) is 2.44.